The normalized spacial score (nSPS) is 20.4. The van der Waals surface area contributed by atoms with Gasteiger partial charge in [0.05, 0.1) is 12.6 Å². The Morgan fingerprint density at radius 1 is 1.20 bits per heavy atom. The van der Waals surface area contributed by atoms with Gasteiger partial charge in [0, 0.05) is 6.42 Å². The maximum Gasteiger partial charge on any atom is 0.246 e. The number of amides is 2. The highest BCUT2D eigenvalue weighted by molar-refractivity contribution is 6.00. The van der Waals surface area contributed by atoms with E-state index in [1.165, 1.54) is 10.5 Å². The molecule has 1 unspecified atom stereocenters. The number of benzene rings is 1. The fraction of sp³-hybridized carbons (Fsp3) is 0.500. The van der Waals surface area contributed by atoms with E-state index in [4.69, 9.17) is 5.73 Å². The molecular formula is C16H22N2O2. The summed E-state index contributed by atoms with van der Waals surface area (Å²) in [7, 11) is 0. The molecule has 1 heterocycles. The van der Waals surface area contributed by atoms with Gasteiger partial charge in [-0.1, -0.05) is 45.0 Å². The predicted molar refractivity (Wildman–Crippen MR) is 77.9 cm³/mol. The van der Waals surface area contributed by atoms with Crippen molar-refractivity contribution >= 4 is 11.8 Å². The molecule has 0 radical (unpaired) electrons. The molecule has 2 amide bonds. The molecule has 0 bridgehead atoms. The average Bonchev–Trinajstić information content (AvgIpc) is 2.39. The fourth-order valence-electron chi connectivity index (χ4n) is 2.32. The lowest BCUT2D eigenvalue weighted by atomic mass is 9.86. The Bertz CT molecular complexity index is 514. The Balaban J connectivity index is 2.13. The van der Waals surface area contributed by atoms with Crippen LogP contribution in [0.5, 0.6) is 0 Å². The average molecular weight is 274 g/mol. The van der Waals surface area contributed by atoms with Crippen molar-refractivity contribution in [3.63, 3.8) is 0 Å². The molecule has 1 aliphatic rings. The molecule has 4 heteroatoms. The summed E-state index contributed by atoms with van der Waals surface area (Å²) in [6.45, 7) is 6.77. The second-order valence-corrected chi connectivity index (χ2v) is 6.41. The second kappa shape index (κ2) is 5.37. The van der Waals surface area contributed by atoms with Crippen LogP contribution in [0.15, 0.2) is 24.3 Å². The molecule has 2 rings (SSSR count). The molecule has 4 nitrogen and oxygen atoms in total. The molecule has 0 aromatic heterocycles. The largest absolute Gasteiger partial charge is 0.320 e. The summed E-state index contributed by atoms with van der Waals surface area (Å²) in [4.78, 5) is 25.1. The van der Waals surface area contributed by atoms with Crippen LogP contribution >= 0.6 is 0 Å². The van der Waals surface area contributed by atoms with E-state index >= 15 is 0 Å². The first-order chi connectivity index (χ1) is 9.29. The van der Waals surface area contributed by atoms with E-state index in [0.29, 0.717) is 19.4 Å². The minimum absolute atomic E-state index is 0.0949. The number of likely N-dealkylation sites (tertiary alicyclic amines) is 1. The van der Waals surface area contributed by atoms with Crippen molar-refractivity contribution in [1.29, 1.82) is 0 Å². The van der Waals surface area contributed by atoms with Crippen molar-refractivity contribution in [2.45, 2.75) is 51.6 Å². The molecule has 1 aromatic rings. The van der Waals surface area contributed by atoms with E-state index < -0.39 is 6.04 Å². The van der Waals surface area contributed by atoms with Crippen LogP contribution in [0, 0.1) is 0 Å². The molecule has 0 saturated carbocycles. The Hall–Kier alpha value is -1.68. The van der Waals surface area contributed by atoms with E-state index in [9.17, 15) is 9.59 Å². The van der Waals surface area contributed by atoms with Crippen molar-refractivity contribution in [3.8, 4) is 0 Å². The van der Waals surface area contributed by atoms with Crippen molar-refractivity contribution in [2.24, 2.45) is 5.73 Å². The van der Waals surface area contributed by atoms with E-state index in [1.54, 1.807) is 0 Å². The molecule has 1 saturated heterocycles. The fourth-order valence-corrected chi connectivity index (χ4v) is 2.32. The standard InChI is InChI=1S/C16H22N2O2/c1-16(2,3)12-6-4-11(5-7-12)10-18-14(19)9-8-13(17)15(18)20/h4-7,13H,8-10,17H2,1-3H3. The first-order valence-corrected chi connectivity index (χ1v) is 6.98. The van der Waals surface area contributed by atoms with Crippen LogP contribution in [0.25, 0.3) is 0 Å². The molecule has 1 atom stereocenters. The number of carbonyl (C=O) groups is 2. The molecule has 20 heavy (non-hydrogen) atoms. The molecule has 1 aliphatic heterocycles. The number of hydrogen-bond donors (Lipinski definition) is 1. The lowest BCUT2D eigenvalue weighted by molar-refractivity contribution is -0.149. The molecule has 2 N–H and O–H groups in total. The zero-order valence-electron chi connectivity index (χ0n) is 12.3. The van der Waals surface area contributed by atoms with Crippen molar-refractivity contribution < 1.29 is 9.59 Å². The smallest absolute Gasteiger partial charge is 0.246 e. The summed E-state index contributed by atoms with van der Waals surface area (Å²) in [5.74, 6) is -0.391. The third-order valence-electron chi connectivity index (χ3n) is 3.71. The van der Waals surface area contributed by atoms with Crippen LogP contribution in [0.3, 0.4) is 0 Å². The summed E-state index contributed by atoms with van der Waals surface area (Å²) in [5.41, 5.74) is 8.00. The van der Waals surface area contributed by atoms with E-state index in [1.807, 2.05) is 24.3 Å². The first kappa shape index (κ1) is 14.7. The number of hydrogen-bond acceptors (Lipinski definition) is 3. The maximum atomic E-state index is 11.9. The van der Waals surface area contributed by atoms with Crippen molar-refractivity contribution in [3.05, 3.63) is 35.4 Å². The van der Waals surface area contributed by atoms with Gasteiger partial charge in [-0.15, -0.1) is 0 Å². The van der Waals surface area contributed by atoms with Gasteiger partial charge in [-0.3, -0.25) is 14.5 Å². The highest BCUT2D eigenvalue weighted by atomic mass is 16.2. The minimum Gasteiger partial charge on any atom is -0.320 e. The van der Waals surface area contributed by atoms with Gasteiger partial charge >= 0.3 is 0 Å². The third-order valence-corrected chi connectivity index (χ3v) is 3.71. The Morgan fingerprint density at radius 3 is 2.35 bits per heavy atom. The van der Waals surface area contributed by atoms with E-state index in [-0.39, 0.29) is 17.2 Å². The summed E-state index contributed by atoms with van der Waals surface area (Å²) in [6, 6.07) is 7.51. The maximum absolute atomic E-state index is 11.9. The van der Waals surface area contributed by atoms with Gasteiger partial charge in [0.1, 0.15) is 0 Å². The van der Waals surface area contributed by atoms with Crippen LogP contribution in [0.4, 0.5) is 0 Å². The van der Waals surface area contributed by atoms with Gasteiger partial charge in [0.25, 0.3) is 0 Å². The molecule has 1 aromatic carbocycles. The van der Waals surface area contributed by atoms with E-state index in [0.717, 1.165) is 5.56 Å². The highest BCUT2D eigenvalue weighted by Gasteiger charge is 2.31. The second-order valence-electron chi connectivity index (χ2n) is 6.41. The van der Waals surface area contributed by atoms with Crippen LogP contribution in [-0.2, 0) is 21.5 Å². The number of rotatable bonds is 2. The number of piperidine rings is 1. The van der Waals surface area contributed by atoms with Gasteiger partial charge in [-0.25, -0.2) is 0 Å². The van der Waals surface area contributed by atoms with Gasteiger partial charge in [0.15, 0.2) is 0 Å². The number of nitrogens with zero attached hydrogens (tertiary/aromatic N) is 1. The Morgan fingerprint density at radius 2 is 1.80 bits per heavy atom. The molecule has 0 spiro atoms. The number of nitrogens with two attached hydrogens (primary N) is 1. The first-order valence-electron chi connectivity index (χ1n) is 6.98. The summed E-state index contributed by atoms with van der Waals surface area (Å²) >= 11 is 0. The number of imide groups is 1. The van der Waals surface area contributed by atoms with Crippen LogP contribution in [0.2, 0.25) is 0 Å². The lowest BCUT2D eigenvalue weighted by Crippen LogP contribution is -2.50. The van der Waals surface area contributed by atoms with Crippen molar-refractivity contribution in [1.82, 2.24) is 4.90 Å². The zero-order valence-corrected chi connectivity index (χ0v) is 12.3. The van der Waals surface area contributed by atoms with Gasteiger partial charge in [0.2, 0.25) is 11.8 Å². The SMILES string of the molecule is CC(C)(C)c1ccc(CN2C(=O)CCC(N)C2=O)cc1. The summed E-state index contributed by atoms with van der Waals surface area (Å²) in [5, 5.41) is 0. The predicted octanol–water partition coefficient (Wildman–Crippen LogP) is 1.96. The zero-order chi connectivity index (χ0) is 14.9. The monoisotopic (exact) mass is 274 g/mol. The minimum atomic E-state index is -0.540. The lowest BCUT2D eigenvalue weighted by Gasteiger charge is -2.29. The molecule has 108 valence electrons. The third kappa shape index (κ3) is 3.07. The van der Waals surface area contributed by atoms with Crippen molar-refractivity contribution in [2.75, 3.05) is 0 Å². The van der Waals surface area contributed by atoms with Crippen LogP contribution < -0.4 is 5.73 Å². The summed E-state index contributed by atoms with van der Waals surface area (Å²) < 4.78 is 0. The summed E-state index contributed by atoms with van der Waals surface area (Å²) in [6.07, 6.45) is 0.810. The van der Waals surface area contributed by atoms with Crippen LogP contribution in [-0.4, -0.2) is 22.8 Å². The molecule has 1 fully saturated rings. The van der Waals surface area contributed by atoms with Gasteiger partial charge < -0.3 is 5.73 Å². The molecular weight excluding hydrogens is 252 g/mol. The van der Waals surface area contributed by atoms with Crippen LogP contribution in [0.1, 0.15) is 44.7 Å². The Kier molecular flexibility index (Phi) is 3.95. The van der Waals surface area contributed by atoms with Gasteiger partial charge in [-0.05, 0) is 23.0 Å². The topological polar surface area (TPSA) is 63.4 Å². The Labute approximate surface area is 119 Å². The highest BCUT2D eigenvalue weighted by Crippen LogP contribution is 2.23. The van der Waals surface area contributed by atoms with E-state index in [2.05, 4.69) is 20.8 Å². The number of carbonyl (C=O) groups excluding carboxylic acids is 2. The van der Waals surface area contributed by atoms with Gasteiger partial charge in [-0.2, -0.15) is 0 Å². The quantitative estimate of drug-likeness (QED) is 0.838. The molecule has 0 aliphatic carbocycles.